The number of carboxylic acids is 4. The minimum atomic E-state index is -1.44. The standard InChI is InChI=1S/C26H28N2O5.C17H14O4.C6H8O4.2H2N.Pt/c1-4-28(5-2)21-12-9-19-16-22(26(32)33-24(19)17-21)23(29)13-8-18-6-10-20(11-7-18)27(3)15-14-25(30)31;1-9-6-7-13-15(20)12-5-3-4-11(8-14(18)19)17(12)21-16(13)10(9)2;7-4(8)6(5(9)10)2-1-3-6;;;/h6-13,16-17H,4-5,14-15H2,1-3H3,(H,30,31);3-7H,8H2,1-2H3,(H,18,19);1-3H2,(H,7,8)(H,9,10);2*1H2;/q;;;2*-1;+2/b13-8+;;;;;. The van der Waals surface area contributed by atoms with Crippen LogP contribution in [-0.2, 0) is 46.7 Å². The van der Waals surface area contributed by atoms with Crippen molar-refractivity contribution in [3.05, 3.63) is 146 Å². The Morgan fingerprint density at radius 2 is 1.36 bits per heavy atom. The van der Waals surface area contributed by atoms with Gasteiger partial charge >= 0.3 is 50.6 Å². The van der Waals surface area contributed by atoms with Gasteiger partial charge in [0, 0.05) is 55.1 Å². The molecule has 358 valence electrons. The zero-order valence-corrected chi connectivity index (χ0v) is 39.9. The first-order valence-electron chi connectivity index (χ1n) is 20.6. The first-order chi connectivity index (χ1) is 30.4. The number of aliphatic carboxylic acids is 4. The summed E-state index contributed by atoms with van der Waals surface area (Å²) in [6, 6.07) is 23.2. The number of ketones is 1. The Balaban J connectivity index is 0.000000386. The number of hydrogen-bond donors (Lipinski definition) is 4. The normalized spacial score (nSPS) is 12.1. The van der Waals surface area contributed by atoms with E-state index < -0.39 is 40.7 Å². The molecule has 4 aromatic carbocycles. The zero-order chi connectivity index (χ0) is 46.9. The number of carbonyl (C=O) groups is 5. The Morgan fingerprint density at radius 1 is 0.746 bits per heavy atom. The van der Waals surface area contributed by atoms with E-state index in [0.717, 1.165) is 41.2 Å². The summed E-state index contributed by atoms with van der Waals surface area (Å²) in [5.74, 6) is -4.63. The SMILES string of the molecule is CCN(CC)c1ccc2cc(C(=O)/C=C/c3ccc(N(C)CCC(=O)O)cc3)c(=O)oc2c1.Cc1ccc2c(=O)c3cccc(CC(=O)O)c3oc2c1C.O=C(O)C1(C(=O)O)CCC1.[NH2-].[NH2-].[Pt+2]. The van der Waals surface area contributed by atoms with Crippen molar-refractivity contribution in [3.63, 3.8) is 0 Å². The van der Waals surface area contributed by atoms with Crippen LogP contribution in [-0.4, -0.2) is 76.8 Å². The van der Waals surface area contributed by atoms with Crippen LogP contribution >= 0.6 is 0 Å². The van der Waals surface area contributed by atoms with Gasteiger partial charge in [0.25, 0.3) is 0 Å². The number of nitrogens with two attached hydrogens (primary N) is 2. The van der Waals surface area contributed by atoms with E-state index in [0.29, 0.717) is 51.4 Å². The van der Waals surface area contributed by atoms with E-state index in [9.17, 15) is 33.6 Å². The first kappa shape index (κ1) is 56.2. The van der Waals surface area contributed by atoms with Gasteiger partial charge in [-0.1, -0.05) is 36.4 Å². The van der Waals surface area contributed by atoms with Crippen LogP contribution in [0.5, 0.6) is 0 Å². The van der Waals surface area contributed by atoms with Gasteiger partial charge in [0.1, 0.15) is 22.3 Å². The number of para-hydroxylation sites is 1. The molecule has 1 saturated carbocycles. The molecule has 18 heteroatoms. The fraction of sp³-hybridized carbons (Fsp3) is 0.286. The molecule has 2 aromatic heterocycles. The molecule has 1 aliphatic rings. The predicted octanol–water partition coefficient (Wildman–Crippen LogP) is 9.39. The van der Waals surface area contributed by atoms with Crippen LogP contribution in [0.3, 0.4) is 0 Å². The number of allylic oxidation sites excluding steroid dienone is 1. The minimum absolute atomic E-state index is 0. The molecule has 6 aromatic rings. The van der Waals surface area contributed by atoms with Crippen molar-refractivity contribution in [2.24, 2.45) is 5.41 Å². The maximum atomic E-state index is 12.7. The van der Waals surface area contributed by atoms with Crippen molar-refractivity contribution in [3.8, 4) is 0 Å². The minimum Gasteiger partial charge on any atom is -0.693 e. The predicted molar refractivity (Wildman–Crippen MR) is 254 cm³/mol. The molecule has 0 atom stereocenters. The smallest absolute Gasteiger partial charge is 0.693 e. The number of fused-ring (bicyclic) bond motifs is 3. The van der Waals surface area contributed by atoms with Gasteiger partial charge in [-0.25, -0.2) is 4.79 Å². The third kappa shape index (κ3) is 13.1. The molecule has 17 nitrogen and oxygen atoms in total. The van der Waals surface area contributed by atoms with Crippen molar-refractivity contribution in [1.82, 2.24) is 0 Å². The topological polar surface area (TPSA) is 300 Å². The summed E-state index contributed by atoms with van der Waals surface area (Å²) in [5, 5.41) is 36.4. The molecule has 0 unspecified atom stereocenters. The fourth-order valence-electron chi connectivity index (χ4n) is 7.13. The molecule has 0 bridgehead atoms. The molecule has 1 fully saturated rings. The van der Waals surface area contributed by atoms with E-state index in [4.69, 9.17) is 29.3 Å². The number of hydrogen-bond acceptors (Lipinski definition) is 11. The fourth-order valence-corrected chi connectivity index (χ4v) is 7.13. The molecule has 7 rings (SSSR count). The van der Waals surface area contributed by atoms with Crippen LogP contribution in [0.1, 0.15) is 72.1 Å². The van der Waals surface area contributed by atoms with Gasteiger partial charge in [0.2, 0.25) is 5.43 Å². The summed E-state index contributed by atoms with van der Waals surface area (Å²) in [6.07, 6.45) is 4.13. The number of nitrogens with zero attached hydrogens (tertiary/aromatic N) is 2. The number of carbonyl (C=O) groups excluding carboxylic acids is 1. The van der Waals surface area contributed by atoms with Gasteiger partial charge in [0.05, 0.1) is 23.6 Å². The molecule has 0 radical (unpaired) electrons. The van der Waals surface area contributed by atoms with Gasteiger partial charge < -0.3 is 51.4 Å². The maximum absolute atomic E-state index is 12.7. The van der Waals surface area contributed by atoms with Crippen molar-refractivity contribution in [2.45, 2.75) is 59.8 Å². The number of aryl methyl sites for hydroxylation is 2. The second-order valence-corrected chi connectivity index (χ2v) is 15.4. The molecule has 2 heterocycles. The van der Waals surface area contributed by atoms with Crippen molar-refractivity contribution in [1.29, 1.82) is 0 Å². The molecule has 1 aliphatic carbocycles. The van der Waals surface area contributed by atoms with Crippen molar-refractivity contribution in [2.75, 3.05) is 36.5 Å². The van der Waals surface area contributed by atoms with E-state index in [1.807, 2.05) is 74.3 Å². The maximum Gasteiger partial charge on any atom is 2.00 e. The van der Waals surface area contributed by atoms with E-state index in [-0.39, 0.29) is 70.0 Å². The van der Waals surface area contributed by atoms with Gasteiger partial charge in [-0.2, -0.15) is 0 Å². The molecular formula is C49H54N4O13Pt. The average molecular weight is 1100 g/mol. The second kappa shape index (κ2) is 24.5. The number of rotatable bonds is 14. The molecule has 67 heavy (non-hydrogen) atoms. The summed E-state index contributed by atoms with van der Waals surface area (Å²) < 4.78 is 11.4. The van der Waals surface area contributed by atoms with E-state index >= 15 is 0 Å². The van der Waals surface area contributed by atoms with Gasteiger partial charge in [-0.15, -0.1) is 0 Å². The first-order valence-corrected chi connectivity index (χ1v) is 20.6. The monoisotopic (exact) mass is 1100 g/mol. The van der Waals surface area contributed by atoms with Gasteiger partial charge in [0.15, 0.2) is 11.2 Å². The zero-order valence-electron chi connectivity index (χ0n) is 37.6. The van der Waals surface area contributed by atoms with E-state index in [2.05, 4.69) is 18.7 Å². The summed E-state index contributed by atoms with van der Waals surface area (Å²) in [4.78, 5) is 84.1. The van der Waals surface area contributed by atoms with Gasteiger partial charge in [-0.05, 0) is 112 Å². The Kier molecular flexibility index (Phi) is 20.6. The largest absolute Gasteiger partial charge is 2.00 e. The molecule has 0 aliphatic heterocycles. The van der Waals surface area contributed by atoms with Crippen LogP contribution < -0.4 is 20.9 Å². The van der Waals surface area contributed by atoms with Crippen LogP contribution in [0.15, 0.2) is 103 Å². The quantitative estimate of drug-likeness (QED) is 0.0260. The second-order valence-electron chi connectivity index (χ2n) is 15.4. The molecule has 0 spiro atoms. The van der Waals surface area contributed by atoms with Crippen molar-refractivity contribution < 1.29 is 74.3 Å². The number of anilines is 2. The molecule has 0 amide bonds. The number of benzene rings is 4. The third-order valence-corrected chi connectivity index (χ3v) is 11.4. The Bertz CT molecular complexity index is 2880. The molecule has 0 saturated heterocycles. The van der Waals surface area contributed by atoms with Crippen LogP contribution in [0.2, 0.25) is 0 Å². The summed E-state index contributed by atoms with van der Waals surface area (Å²) in [7, 11) is 1.82. The van der Waals surface area contributed by atoms with E-state index in [1.165, 1.54) is 6.08 Å². The van der Waals surface area contributed by atoms with Gasteiger partial charge in [-0.3, -0.25) is 28.8 Å². The Labute approximate surface area is 400 Å². The van der Waals surface area contributed by atoms with Crippen LogP contribution in [0, 0.1) is 19.3 Å². The van der Waals surface area contributed by atoms with Crippen LogP contribution in [0.25, 0.3) is 51.3 Å². The van der Waals surface area contributed by atoms with Crippen molar-refractivity contribution >= 4 is 80.0 Å². The number of carboxylic acid groups (broad SMARTS) is 4. The Morgan fingerprint density at radius 3 is 1.90 bits per heavy atom. The third-order valence-electron chi connectivity index (χ3n) is 11.4. The van der Waals surface area contributed by atoms with Crippen LogP contribution in [0.4, 0.5) is 11.4 Å². The molecular weight excluding hydrogens is 1050 g/mol. The Hall–Kier alpha value is -6.94. The van der Waals surface area contributed by atoms with E-state index in [1.54, 1.807) is 36.4 Å². The summed E-state index contributed by atoms with van der Waals surface area (Å²) in [6.45, 7) is 10.0. The molecule has 8 N–H and O–H groups in total. The summed E-state index contributed by atoms with van der Waals surface area (Å²) in [5.41, 5.74) is 4.17. The average Bonchev–Trinajstić information content (AvgIpc) is 3.23. The summed E-state index contributed by atoms with van der Waals surface area (Å²) >= 11 is 0.